The van der Waals surface area contributed by atoms with Crippen molar-refractivity contribution in [2.75, 3.05) is 0 Å². The maximum Gasteiger partial charge on any atom is 0.00919 e. The van der Waals surface area contributed by atoms with Gasteiger partial charge in [-0.3, -0.25) is 0 Å². The molecule has 0 aromatic heterocycles. The molecule has 0 nitrogen and oxygen atoms in total. The van der Waals surface area contributed by atoms with Gasteiger partial charge < -0.3 is 0 Å². The minimum absolute atomic E-state index is 0.581. The number of hydrogen-bond acceptors (Lipinski definition) is 0. The van der Waals surface area contributed by atoms with Crippen molar-refractivity contribution >= 4 is 0 Å². The van der Waals surface area contributed by atoms with E-state index in [1.54, 1.807) is 0 Å². The molecule has 18 heavy (non-hydrogen) atoms. The Morgan fingerprint density at radius 2 is 1.28 bits per heavy atom. The van der Waals surface area contributed by atoms with Gasteiger partial charge in [-0.15, -0.1) is 0 Å². The molecule has 0 radical (unpaired) electrons. The maximum atomic E-state index is 2.27. The Labute approximate surface area is 110 Å². The lowest BCUT2D eigenvalue weighted by atomic mass is 9.75. The highest BCUT2D eigenvalue weighted by molar-refractivity contribution is 5.32. The molecule has 0 unspecified atom stereocenters. The van der Waals surface area contributed by atoms with Gasteiger partial charge in [0.15, 0.2) is 0 Å². The Hall–Kier alpha value is -1.56. The molecule has 2 aromatic carbocycles. The third-order valence-corrected chi connectivity index (χ3v) is 4.20. The topological polar surface area (TPSA) is 0 Å². The number of benzene rings is 2. The van der Waals surface area contributed by atoms with Crippen LogP contribution in [0.4, 0.5) is 0 Å². The highest BCUT2D eigenvalue weighted by Gasteiger charge is 2.23. The van der Waals surface area contributed by atoms with Crippen LogP contribution in [-0.4, -0.2) is 0 Å². The number of rotatable bonds is 4. The predicted octanol–water partition coefficient (Wildman–Crippen LogP) is 5.01. The van der Waals surface area contributed by atoms with Crippen LogP contribution in [0.1, 0.15) is 42.7 Å². The van der Waals surface area contributed by atoms with E-state index in [1.165, 1.54) is 36.8 Å². The molecule has 0 bridgehead atoms. The molecule has 1 saturated carbocycles. The van der Waals surface area contributed by atoms with Crippen molar-refractivity contribution in [1.82, 2.24) is 0 Å². The molecule has 0 atom stereocenters. The number of hydrogen-bond donors (Lipinski definition) is 0. The Kier molecular flexibility index (Phi) is 3.45. The van der Waals surface area contributed by atoms with E-state index in [2.05, 4.69) is 60.7 Å². The summed E-state index contributed by atoms with van der Waals surface area (Å²) >= 11 is 0. The van der Waals surface area contributed by atoms with Crippen LogP contribution >= 0.6 is 0 Å². The summed E-state index contributed by atoms with van der Waals surface area (Å²) in [5.74, 6) is 1.52. The van der Waals surface area contributed by atoms with E-state index in [0.717, 1.165) is 5.92 Å². The zero-order valence-electron chi connectivity index (χ0n) is 10.8. The van der Waals surface area contributed by atoms with E-state index >= 15 is 0 Å². The highest BCUT2D eigenvalue weighted by Crippen LogP contribution is 2.38. The lowest BCUT2D eigenvalue weighted by molar-refractivity contribution is 0.285. The second-order valence-corrected chi connectivity index (χ2v) is 5.41. The molecule has 0 spiro atoms. The second kappa shape index (κ2) is 5.39. The first kappa shape index (κ1) is 11.5. The average Bonchev–Trinajstić information content (AvgIpc) is 2.40. The SMILES string of the molecule is c1ccc(C(CC2CCC2)c2ccccc2)cc1. The Balaban J connectivity index is 1.88. The summed E-state index contributed by atoms with van der Waals surface area (Å²) in [6.07, 6.45) is 5.60. The Bertz CT molecular complexity index is 428. The van der Waals surface area contributed by atoms with Crippen LogP contribution in [0.2, 0.25) is 0 Å². The summed E-state index contributed by atoms with van der Waals surface area (Å²) in [4.78, 5) is 0. The van der Waals surface area contributed by atoms with Gasteiger partial charge in [0.25, 0.3) is 0 Å². The second-order valence-electron chi connectivity index (χ2n) is 5.41. The van der Waals surface area contributed by atoms with E-state index in [0.29, 0.717) is 5.92 Å². The smallest absolute Gasteiger partial charge is 0.00919 e. The highest BCUT2D eigenvalue weighted by atomic mass is 14.3. The molecular weight excluding hydrogens is 216 g/mol. The molecule has 0 N–H and O–H groups in total. The summed E-state index contributed by atoms with van der Waals surface area (Å²) in [5.41, 5.74) is 2.94. The molecule has 1 fully saturated rings. The van der Waals surface area contributed by atoms with Crippen LogP contribution in [0.15, 0.2) is 60.7 Å². The van der Waals surface area contributed by atoms with Crippen LogP contribution in [0.25, 0.3) is 0 Å². The van der Waals surface area contributed by atoms with Gasteiger partial charge in [-0.1, -0.05) is 79.9 Å². The van der Waals surface area contributed by atoms with Gasteiger partial charge in [0.2, 0.25) is 0 Å². The third kappa shape index (κ3) is 2.48. The average molecular weight is 236 g/mol. The molecule has 0 aliphatic heterocycles. The van der Waals surface area contributed by atoms with E-state index in [1.807, 2.05) is 0 Å². The fourth-order valence-electron chi connectivity index (χ4n) is 2.90. The molecule has 1 aliphatic carbocycles. The molecule has 0 heteroatoms. The van der Waals surface area contributed by atoms with Gasteiger partial charge in [-0.25, -0.2) is 0 Å². The first-order chi connectivity index (χ1) is 8.93. The fraction of sp³-hybridized carbons (Fsp3) is 0.333. The van der Waals surface area contributed by atoms with Crippen molar-refractivity contribution < 1.29 is 0 Å². The Morgan fingerprint density at radius 1 is 0.778 bits per heavy atom. The minimum atomic E-state index is 0.581. The molecule has 0 saturated heterocycles. The normalized spacial score (nSPS) is 15.6. The van der Waals surface area contributed by atoms with Gasteiger partial charge in [0.05, 0.1) is 0 Å². The third-order valence-electron chi connectivity index (χ3n) is 4.20. The van der Waals surface area contributed by atoms with Crippen LogP contribution in [0, 0.1) is 5.92 Å². The van der Waals surface area contributed by atoms with E-state index in [4.69, 9.17) is 0 Å². The van der Waals surface area contributed by atoms with Gasteiger partial charge >= 0.3 is 0 Å². The summed E-state index contributed by atoms with van der Waals surface area (Å²) in [7, 11) is 0. The monoisotopic (exact) mass is 236 g/mol. The molecule has 1 aliphatic rings. The van der Waals surface area contributed by atoms with Crippen molar-refractivity contribution in [3.8, 4) is 0 Å². The summed E-state index contributed by atoms with van der Waals surface area (Å²) in [6, 6.07) is 21.9. The zero-order valence-corrected chi connectivity index (χ0v) is 10.8. The van der Waals surface area contributed by atoms with Gasteiger partial charge in [0, 0.05) is 5.92 Å². The minimum Gasteiger partial charge on any atom is -0.0622 e. The molecule has 92 valence electrons. The molecular formula is C18H20. The van der Waals surface area contributed by atoms with Crippen LogP contribution in [-0.2, 0) is 0 Å². The summed E-state index contributed by atoms with van der Waals surface area (Å²) < 4.78 is 0. The summed E-state index contributed by atoms with van der Waals surface area (Å²) in [6.45, 7) is 0. The fourth-order valence-corrected chi connectivity index (χ4v) is 2.90. The van der Waals surface area contributed by atoms with Crippen LogP contribution in [0.3, 0.4) is 0 Å². The first-order valence-corrected chi connectivity index (χ1v) is 7.03. The molecule has 2 aromatic rings. The van der Waals surface area contributed by atoms with Gasteiger partial charge in [-0.2, -0.15) is 0 Å². The predicted molar refractivity (Wildman–Crippen MR) is 76.7 cm³/mol. The van der Waals surface area contributed by atoms with E-state index in [-0.39, 0.29) is 0 Å². The largest absolute Gasteiger partial charge is 0.0622 e. The standard InChI is InChI=1S/C18H20/c1-3-10-16(11-4-1)18(14-15-8-7-9-15)17-12-5-2-6-13-17/h1-6,10-13,15,18H,7-9,14H2. The van der Waals surface area contributed by atoms with Crippen molar-refractivity contribution in [3.05, 3.63) is 71.8 Å². The van der Waals surface area contributed by atoms with Gasteiger partial charge in [-0.05, 0) is 23.5 Å². The molecule has 0 heterocycles. The van der Waals surface area contributed by atoms with Crippen molar-refractivity contribution in [2.45, 2.75) is 31.6 Å². The van der Waals surface area contributed by atoms with E-state index < -0.39 is 0 Å². The molecule has 3 rings (SSSR count). The maximum absolute atomic E-state index is 2.27. The van der Waals surface area contributed by atoms with Crippen LogP contribution < -0.4 is 0 Å². The van der Waals surface area contributed by atoms with Gasteiger partial charge in [0.1, 0.15) is 0 Å². The van der Waals surface area contributed by atoms with Crippen molar-refractivity contribution in [2.24, 2.45) is 5.92 Å². The summed E-state index contributed by atoms with van der Waals surface area (Å²) in [5, 5.41) is 0. The lowest BCUT2D eigenvalue weighted by Crippen LogP contribution is -2.15. The Morgan fingerprint density at radius 3 is 1.67 bits per heavy atom. The zero-order chi connectivity index (χ0) is 12.2. The van der Waals surface area contributed by atoms with E-state index in [9.17, 15) is 0 Å². The molecule has 0 amide bonds. The van der Waals surface area contributed by atoms with Crippen molar-refractivity contribution in [3.63, 3.8) is 0 Å². The quantitative estimate of drug-likeness (QED) is 0.700. The van der Waals surface area contributed by atoms with Crippen molar-refractivity contribution in [1.29, 1.82) is 0 Å². The van der Waals surface area contributed by atoms with Crippen LogP contribution in [0.5, 0.6) is 0 Å². The first-order valence-electron chi connectivity index (χ1n) is 7.03. The lowest BCUT2D eigenvalue weighted by Gasteiger charge is -2.30.